The largest absolute Gasteiger partial charge is 0.490 e. The van der Waals surface area contributed by atoms with Gasteiger partial charge >= 0.3 is 0 Å². The van der Waals surface area contributed by atoms with Crippen LogP contribution in [0.4, 0.5) is 0 Å². The fourth-order valence-corrected chi connectivity index (χ4v) is 2.64. The number of halogens is 1. The van der Waals surface area contributed by atoms with Gasteiger partial charge in [0, 0.05) is 45.7 Å². The number of benzene rings is 1. The lowest BCUT2D eigenvalue weighted by Crippen LogP contribution is -2.46. The minimum atomic E-state index is 0. The predicted octanol–water partition coefficient (Wildman–Crippen LogP) is 1.69. The van der Waals surface area contributed by atoms with Gasteiger partial charge in [-0.15, -0.1) is 12.4 Å². The summed E-state index contributed by atoms with van der Waals surface area (Å²) in [6.45, 7) is 8.89. The first-order valence-corrected chi connectivity index (χ1v) is 8.84. The van der Waals surface area contributed by atoms with Gasteiger partial charge in [0.2, 0.25) is 5.91 Å². The molecule has 2 rings (SSSR count). The molecule has 0 unspecified atom stereocenters. The van der Waals surface area contributed by atoms with Crippen molar-refractivity contribution in [3.05, 3.63) is 24.3 Å². The summed E-state index contributed by atoms with van der Waals surface area (Å²) in [6, 6.07) is 7.62. The summed E-state index contributed by atoms with van der Waals surface area (Å²) < 4.78 is 11.2. The highest BCUT2D eigenvalue weighted by Crippen LogP contribution is 2.26. The van der Waals surface area contributed by atoms with Crippen molar-refractivity contribution in [3.63, 3.8) is 0 Å². The quantitative estimate of drug-likeness (QED) is 0.613. The van der Waals surface area contributed by atoms with E-state index >= 15 is 0 Å². The van der Waals surface area contributed by atoms with E-state index in [9.17, 15) is 4.79 Å². The SMILES string of the molecule is CCOc1ccccc1OCCCC(=O)NCCN1CCNCC1.Cl. The maximum atomic E-state index is 11.8. The molecule has 7 heteroatoms. The highest BCUT2D eigenvalue weighted by molar-refractivity contribution is 5.85. The molecule has 1 fully saturated rings. The molecule has 0 aromatic heterocycles. The molecule has 0 saturated carbocycles. The Kier molecular flexibility index (Phi) is 11.0. The number of hydrogen-bond donors (Lipinski definition) is 2. The number of rotatable bonds is 10. The van der Waals surface area contributed by atoms with E-state index in [1.807, 2.05) is 31.2 Å². The van der Waals surface area contributed by atoms with Gasteiger partial charge in [-0.1, -0.05) is 12.1 Å². The van der Waals surface area contributed by atoms with Crippen molar-refractivity contribution in [2.45, 2.75) is 19.8 Å². The van der Waals surface area contributed by atoms with Crippen LogP contribution in [0.25, 0.3) is 0 Å². The van der Waals surface area contributed by atoms with E-state index in [2.05, 4.69) is 15.5 Å². The molecule has 142 valence electrons. The van der Waals surface area contributed by atoms with Gasteiger partial charge in [-0.3, -0.25) is 9.69 Å². The average molecular weight is 372 g/mol. The number of carbonyl (C=O) groups excluding carboxylic acids is 1. The summed E-state index contributed by atoms with van der Waals surface area (Å²) in [5, 5.41) is 6.30. The Balaban J connectivity index is 0.00000312. The second-order valence-electron chi connectivity index (χ2n) is 5.77. The molecule has 1 aromatic carbocycles. The maximum Gasteiger partial charge on any atom is 0.220 e. The first-order chi connectivity index (χ1) is 11.8. The van der Waals surface area contributed by atoms with Crippen LogP contribution in [-0.2, 0) is 4.79 Å². The Hall–Kier alpha value is -1.50. The highest BCUT2D eigenvalue weighted by Gasteiger charge is 2.09. The number of amides is 1. The molecular weight excluding hydrogens is 342 g/mol. The summed E-state index contributed by atoms with van der Waals surface area (Å²) in [4.78, 5) is 14.2. The molecule has 0 spiro atoms. The molecular formula is C18H30ClN3O3. The number of piperazine rings is 1. The molecule has 1 aromatic rings. The number of para-hydroxylation sites is 2. The summed E-state index contributed by atoms with van der Waals surface area (Å²) in [6.07, 6.45) is 1.18. The Labute approximate surface area is 156 Å². The van der Waals surface area contributed by atoms with Crippen LogP contribution in [0.2, 0.25) is 0 Å². The van der Waals surface area contributed by atoms with Crippen LogP contribution in [0, 0.1) is 0 Å². The zero-order chi connectivity index (χ0) is 17.0. The van der Waals surface area contributed by atoms with Crippen molar-refractivity contribution >= 4 is 18.3 Å². The van der Waals surface area contributed by atoms with E-state index in [4.69, 9.17) is 9.47 Å². The molecule has 2 N–H and O–H groups in total. The second kappa shape index (κ2) is 12.8. The van der Waals surface area contributed by atoms with Crippen LogP contribution in [0.1, 0.15) is 19.8 Å². The van der Waals surface area contributed by atoms with Gasteiger partial charge in [0.1, 0.15) is 0 Å². The fourth-order valence-electron chi connectivity index (χ4n) is 2.64. The lowest BCUT2D eigenvalue weighted by atomic mass is 10.3. The molecule has 0 aliphatic carbocycles. The van der Waals surface area contributed by atoms with Crippen LogP contribution < -0.4 is 20.1 Å². The summed E-state index contributed by atoms with van der Waals surface area (Å²) in [7, 11) is 0. The standard InChI is InChI=1S/C18H29N3O3.ClH/c1-2-23-16-6-3-4-7-17(16)24-15-5-8-18(22)20-11-14-21-12-9-19-10-13-21;/h3-4,6-7,19H,2,5,8-15H2,1H3,(H,20,22);1H. The lowest BCUT2D eigenvalue weighted by molar-refractivity contribution is -0.121. The first kappa shape index (κ1) is 21.5. The van der Waals surface area contributed by atoms with Gasteiger partial charge in [-0.05, 0) is 25.5 Å². The molecule has 0 atom stereocenters. The molecule has 1 saturated heterocycles. The minimum absolute atomic E-state index is 0. The Bertz CT molecular complexity index is 496. The van der Waals surface area contributed by atoms with E-state index in [-0.39, 0.29) is 18.3 Å². The van der Waals surface area contributed by atoms with Crippen LogP contribution in [0.15, 0.2) is 24.3 Å². The number of ether oxygens (including phenoxy) is 2. The van der Waals surface area contributed by atoms with E-state index in [0.717, 1.165) is 44.2 Å². The zero-order valence-electron chi connectivity index (χ0n) is 15.0. The number of carbonyl (C=O) groups is 1. The van der Waals surface area contributed by atoms with Gasteiger partial charge in [0.15, 0.2) is 11.5 Å². The van der Waals surface area contributed by atoms with Crippen molar-refractivity contribution in [2.75, 3.05) is 52.5 Å². The zero-order valence-corrected chi connectivity index (χ0v) is 15.8. The second-order valence-corrected chi connectivity index (χ2v) is 5.77. The number of nitrogens with one attached hydrogen (secondary N) is 2. The van der Waals surface area contributed by atoms with Crippen molar-refractivity contribution in [3.8, 4) is 11.5 Å². The van der Waals surface area contributed by atoms with E-state index < -0.39 is 0 Å². The molecule has 0 bridgehead atoms. The first-order valence-electron chi connectivity index (χ1n) is 8.84. The molecule has 25 heavy (non-hydrogen) atoms. The van der Waals surface area contributed by atoms with Crippen LogP contribution >= 0.6 is 12.4 Å². The van der Waals surface area contributed by atoms with Gasteiger partial charge in [0.25, 0.3) is 0 Å². The predicted molar refractivity (Wildman–Crippen MR) is 102 cm³/mol. The molecule has 0 radical (unpaired) electrons. The average Bonchev–Trinajstić information content (AvgIpc) is 2.61. The summed E-state index contributed by atoms with van der Waals surface area (Å²) >= 11 is 0. The number of hydrogen-bond acceptors (Lipinski definition) is 5. The maximum absolute atomic E-state index is 11.8. The molecule has 6 nitrogen and oxygen atoms in total. The number of nitrogens with zero attached hydrogens (tertiary/aromatic N) is 1. The monoisotopic (exact) mass is 371 g/mol. The van der Waals surface area contributed by atoms with Crippen molar-refractivity contribution in [1.82, 2.24) is 15.5 Å². The van der Waals surface area contributed by atoms with Gasteiger partial charge in [0.05, 0.1) is 13.2 Å². The van der Waals surface area contributed by atoms with Gasteiger partial charge in [-0.2, -0.15) is 0 Å². The van der Waals surface area contributed by atoms with Crippen molar-refractivity contribution in [2.24, 2.45) is 0 Å². The third-order valence-corrected chi connectivity index (χ3v) is 3.91. The Morgan fingerprint density at radius 1 is 1.20 bits per heavy atom. The van der Waals surface area contributed by atoms with Crippen LogP contribution in [0.3, 0.4) is 0 Å². The van der Waals surface area contributed by atoms with Crippen LogP contribution in [-0.4, -0.2) is 63.3 Å². The molecule has 1 heterocycles. The lowest BCUT2D eigenvalue weighted by Gasteiger charge is -2.27. The van der Waals surface area contributed by atoms with E-state index in [1.54, 1.807) is 0 Å². The Morgan fingerprint density at radius 3 is 2.56 bits per heavy atom. The third kappa shape index (κ3) is 8.43. The Morgan fingerprint density at radius 2 is 1.88 bits per heavy atom. The molecule has 1 aliphatic rings. The van der Waals surface area contributed by atoms with Gasteiger partial charge in [-0.25, -0.2) is 0 Å². The normalized spacial score (nSPS) is 14.4. The van der Waals surface area contributed by atoms with Crippen LogP contribution in [0.5, 0.6) is 11.5 Å². The fraction of sp³-hybridized carbons (Fsp3) is 0.611. The van der Waals surface area contributed by atoms with E-state index in [0.29, 0.717) is 32.6 Å². The summed E-state index contributed by atoms with van der Waals surface area (Å²) in [5.41, 5.74) is 0. The molecule has 1 aliphatic heterocycles. The molecule has 1 amide bonds. The van der Waals surface area contributed by atoms with Crippen molar-refractivity contribution < 1.29 is 14.3 Å². The van der Waals surface area contributed by atoms with E-state index in [1.165, 1.54) is 0 Å². The highest BCUT2D eigenvalue weighted by atomic mass is 35.5. The van der Waals surface area contributed by atoms with Crippen molar-refractivity contribution in [1.29, 1.82) is 0 Å². The topological polar surface area (TPSA) is 62.8 Å². The third-order valence-electron chi connectivity index (χ3n) is 3.91. The smallest absolute Gasteiger partial charge is 0.220 e. The minimum Gasteiger partial charge on any atom is -0.490 e. The van der Waals surface area contributed by atoms with Gasteiger partial charge < -0.3 is 20.1 Å². The summed E-state index contributed by atoms with van der Waals surface area (Å²) in [5.74, 6) is 1.57.